The quantitative estimate of drug-likeness (QED) is 0.827. The van der Waals surface area contributed by atoms with Crippen molar-refractivity contribution >= 4 is 5.91 Å². The number of rotatable bonds is 3. The van der Waals surface area contributed by atoms with Crippen LogP contribution in [0.3, 0.4) is 0 Å². The molecule has 1 aromatic carbocycles. The van der Waals surface area contributed by atoms with Gasteiger partial charge in [0.05, 0.1) is 12.6 Å². The zero-order chi connectivity index (χ0) is 12.5. The van der Waals surface area contributed by atoms with Gasteiger partial charge >= 0.3 is 0 Å². The highest BCUT2D eigenvalue weighted by atomic mass is 16.5. The molecule has 2 rings (SSSR count). The molecular weight excluding hydrogens is 216 g/mol. The predicted molar refractivity (Wildman–Crippen MR) is 66.0 cm³/mol. The van der Waals surface area contributed by atoms with Crippen molar-refractivity contribution in [1.82, 2.24) is 10.6 Å². The number of carbonyl (C=O) groups is 1. The van der Waals surface area contributed by atoms with Gasteiger partial charge in [-0.15, -0.1) is 0 Å². The Balaban J connectivity index is 2.17. The molecule has 0 saturated carbocycles. The molecule has 0 aliphatic carbocycles. The normalized spacial score (nSPS) is 20.5. The molecule has 1 aliphatic rings. The van der Waals surface area contributed by atoms with E-state index in [4.69, 9.17) is 4.74 Å². The van der Waals surface area contributed by atoms with E-state index in [-0.39, 0.29) is 17.6 Å². The molecule has 4 heteroatoms. The third-order valence-corrected chi connectivity index (χ3v) is 3.04. The van der Waals surface area contributed by atoms with Crippen molar-refractivity contribution in [3.8, 4) is 5.75 Å². The van der Waals surface area contributed by atoms with Crippen molar-refractivity contribution in [2.24, 2.45) is 0 Å². The smallest absolute Gasteiger partial charge is 0.233 e. The van der Waals surface area contributed by atoms with Crippen molar-refractivity contribution in [2.45, 2.75) is 25.5 Å². The first kappa shape index (κ1) is 11.9. The van der Waals surface area contributed by atoms with Crippen molar-refractivity contribution in [1.29, 1.82) is 0 Å². The summed E-state index contributed by atoms with van der Waals surface area (Å²) in [5, 5.41) is 5.84. The van der Waals surface area contributed by atoms with E-state index in [9.17, 15) is 4.79 Å². The second-order valence-electron chi connectivity index (χ2n) is 4.73. The lowest BCUT2D eigenvalue weighted by atomic mass is 9.94. The molecule has 2 N–H and O–H groups in total. The lowest BCUT2D eigenvalue weighted by Crippen LogP contribution is -2.42. The molecule has 0 saturated heterocycles. The van der Waals surface area contributed by atoms with E-state index in [0.29, 0.717) is 6.54 Å². The van der Waals surface area contributed by atoms with Crippen LogP contribution in [0.25, 0.3) is 0 Å². The first-order valence-corrected chi connectivity index (χ1v) is 5.76. The van der Waals surface area contributed by atoms with Crippen LogP contribution in [0.5, 0.6) is 5.75 Å². The van der Waals surface area contributed by atoms with Crippen LogP contribution in [0.2, 0.25) is 0 Å². The molecule has 0 fully saturated rings. The minimum Gasteiger partial charge on any atom is -0.486 e. The molecule has 1 atom stereocenters. The SMILES string of the molecule is CNC(=O)CNC1c2ccccc2OC1(C)C. The molecule has 1 amide bonds. The molecule has 17 heavy (non-hydrogen) atoms. The van der Waals surface area contributed by atoms with Gasteiger partial charge in [0.1, 0.15) is 11.4 Å². The van der Waals surface area contributed by atoms with Gasteiger partial charge in [-0.05, 0) is 19.9 Å². The lowest BCUT2D eigenvalue weighted by Gasteiger charge is -2.27. The Kier molecular flexibility index (Phi) is 3.07. The van der Waals surface area contributed by atoms with Gasteiger partial charge in [-0.2, -0.15) is 0 Å². The molecule has 0 bridgehead atoms. The number of ether oxygens (including phenoxy) is 1. The first-order valence-electron chi connectivity index (χ1n) is 5.76. The lowest BCUT2D eigenvalue weighted by molar-refractivity contribution is -0.120. The third-order valence-electron chi connectivity index (χ3n) is 3.04. The fourth-order valence-corrected chi connectivity index (χ4v) is 2.17. The summed E-state index contributed by atoms with van der Waals surface area (Å²) in [4.78, 5) is 11.3. The van der Waals surface area contributed by atoms with Crippen LogP contribution in [0, 0.1) is 0 Å². The zero-order valence-electron chi connectivity index (χ0n) is 10.4. The number of para-hydroxylation sites is 1. The fraction of sp³-hybridized carbons (Fsp3) is 0.462. The number of hydrogen-bond donors (Lipinski definition) is 2. The number of carbonyl (C=O) groups excluding carboxylic acids is 1. The van der Waals surface area contributed by atoms with Gasteiger partial charge in [0.15, 0.2) is 0 Å². The molecule has 1 aromatic rings. The summed E-state index contributed by atoms with van der Waals surface area (Å²) in [5.74, 6) is 0.872. The third kappa shape index (κ3) is 2.26. The first-order chi connectivity index (χ1) is 8.04. The summed E-state index contributed by atoms with van der Waals surface area (Å²) in [6.45, 7) is 4.34. The summed E-state index contributed by atoms with van der Waals surface area (Å²) in [5.41, 5.74) is 0.777. The van der Waals surface area contributed by atoms with E-state index >= 15 is 0 Å². The summed E-state index contributed by atoms with van der Waals surface area (Å²) >= 11 is 0. The molecule has 0 spiro atoms. The zero-order valence-corrected chi connectivity index (χ0v) is 10.4. The van der Waals surface area contributed by atoms with E-state index in [0.717, 1.165) is 11.3 Å². The molecule has 1 aliphatic heterocycles. The Bertz CT molecular complexity index is 429. The molecule has 0 aromatic heterocycles. The highest BCUT2D eigenvalue weighted by Gasteiger charge is 2.40. The number of benzene rings is 1. The number of likely N-dealkylation sites (N-methyl/N-ethyl adjacent to an activating group) is 1. The number of hydrogen-bond acceptors (Lipinski definition) is 3. The molecule has 92 valence electrons. The van der Waals surface area contributed by atoms with E-state index in [2.05, 4.69) is 10.6 Å². The van der Waals surface area contributed by atoms with E-state index in [1.165, 1.54) is 0 Å². The van der Waals surface area contributed by atoms with Crippen molar-refractivity contribution in [3.05, 3.63) is 29.8 Å². The van der Waals surface area contributed by atoms with Crippen LogP contribution in [0.1, 0.15) is 25.5 Å². The van der Waals surface area contributed by atoms with Gasteiger partial charge in [0, 0.05) is 12.6 Å². The molecule has 4 nitrogen and oxygen atoms in total. The van der Waals surface area contributed by atoms with Gasteiger partial charge < -0.3 is 10.1 Å². The highest BCUT2D eigenvalue weighted by Crippen LogP contribution is 2.42. The average Bonchev–Trinajstić information content (AvgIpc) is 2.56. The van der Waals surface area contributed by atoms with Gasteiger partial charge in [0.25, 0.3) is 0 Å². The van der Waals surface area contributed by atoms with Gasteiger partial charge in [-0.1, -0.05) is 18.2 Å². The number of amides is 1. The summed E-state index contributed by atoms with van der Waals surface area (Å²) in [6, 6.07) is 7.97. The largest absolute Gasteiger partial charge is 0.486 e. The summed E-state index contributed by atoms with van der Waals surface area (Å²) in [6.07, 6.45) is 0. The topological polar surface area (TPSA) is 50.4 Å². The van der Waals surface area contributed by atoms with Crippen molar-refractivity contribution in [3.63, 3.8) is 0 Å². The van der Waals surface area contributed by atoms with Crippen LogP contribution in [0.4, 0.5) is 0 Å². The standard InChI is InChI=1S/C13H18N2O2/c1-13(2)12(15-8-11(16)14-3)9-6-4-5-7-10(9)17-13/h4-7,12,15H,8H2,1-3H3,(H,14,16). The van der Waals surface area contributed by atoms with Gasteiger partial charge in [-0.25, -0.2) is 0 Å². The minimum absolute atomic E-state index is 0.0230. The second kappa shape index (κ2) is 4.37. The fourth-order valence-electron chi connectivity index (χ4n) is 2.17. The van der Waals surface area contributed by atoms with E-state index < -0.39 is 0 Å². The van der Waals surface area contributed by atoms with Crippen LogP contribution < -0.4 is 15.4 Å². The Labute approximate surface area is 101 Å². The average molecular weight is 234 g/mol. The second-order valence-corrected chi connectivity index (χ2v) is 4.73. The maximum absolute atomic E-state index is 11.3. The Hall–Kier alpha value is -1.55. The van der Waals surface area contributed by atoms with Crippen molar-refractivity contribution < 1.29 is 9.53 Å². The molecule has 1 unspecified atom stereocenters. The van der Waals surface area contributed by atoms with E-state index in [1.807, 2.05) is 38.1 Å². The Morgan fingerprint density at radius 1 is 1.41 bits per heavy atom. The summed E-state index contributed by atoms with van der Waals surface area (Å²) < 4.78 is 5.88. The Morgan fingerprint density at radius 2 is 2.12 bits per heavy atom. The van der Waals surface area contributed by atoms with Gasteiger partial charge in [0.2, 0.25) is 5.91 Å². The number of nitrogens with one attached hydrogen (secondary N) is 2. The number of fused-ring (bicyclic) bond motifs is 1. The highest BCUT2D eigenvalue weighted by molar-refractivity contribution is 5.77. The maximum atomic E-state index is 11.3. The van der Waals surface area contributed by atoms with E-state index in [1.54, 1.807) is 7.05 Å². The van der Waals surface area contributed by atoms with Crippen LogP contribution in [-0.2, 0) is 4.79 Å². The minimum atomic E-state index is -0.336. The monoisotopic (exact) mass is 234 g/mol. The Morgan fingerprint density at radius 3 is 2.82 bits per heavy atom. The molecule has 0 radical (unpaired) electrons. The van der Waals surface area contributed by atoms with Gasteiger partial charge in [-0.3, -0.25) is 10.1 Å². The van der Waals surface area contributed by atoms with Crippen molar-refractivity contribution in [2.75, 3.05) is 13.6 Å². The van der Waals surface area contributed by atoms with Crippen LogP contribution in [-0.4, -0.2) is 25.1 Å². The maximum Gasteiger partial charge on any atom is 0.233 e. The summed E-state index contributed by atoms with van der Waals surface area (Å²) in [7, 11) is 1.63. The molecular formula is C13H18N2O2. The van der Waals surface area contributed by atoms with Crippen LogP contribution in [0.15, 0.2) is 24.3 Å². The van der Waals surface area contributed by atoms with Crippen LogP contribution >= 0.6 is 0 Å². The predicted octanol–water partition coefficient (Wildman–Crippen LogP) is 1.23. The molecule has 1 heterocycles.